The fourth-order valence-electron chi connectivity index (χ4n) is 1.95. The van der Waals surface area contributed by atoms with E-state index < -0.39 is 0 Å². The van der Waals surface area contributed by atoms with Crippen LogP contribution in [0.3, 0.4) is 0 Å². The van der Waals surface area contributed by atoms with E-state index >= 15 is 0 Å². The lowest BCUT2D eigenvalue weighted by molar-refractivity contribution is 0.340. The van der Waals surface area contributed by atoms with Crippen molar-refractivity contribution < 1.29 is 9.15 Å². The summed E-state index contributed by atoms with van der Waals surface area (Å²) in [5.41, 5.74) is 8.67. The number of aromatic nitrogens is 1. The largest absolute Gasteiger partial charge is 0.494 e. The smallest absolute Gasteiger partial charge is 0.300 e. The van der Waals surface area contributed by atoms with E-state index in [1.165, 1.54) is 0 Å². The Labute approximate surface area is 116 Å². The first-order valence-corrected chi connectivity index (χ1v) is 6.40. The molecule has 0 fully saturated rings. The van der Waals surface area contributed by atoms with Gasteiger partial charge in [-0.3, -0.25) is 0 Å². The van der Waals surface area contributed by atoms with Gasteiger partial charge in [-0.05, 0) is 37.3 Å². The van der Waals surface area contributed by atoms with Crippen LogP contribution in [0.4, 0.5) is 17.4 Å². The van der Waals surface area contributed by atoms with Crippen molar-refractivity contribution in [2.24, 2.45) is 0 Å². The summed E-state index contributed by atoms with van der Waals surface area (Å²) in [6.07, 6.45) is 0. The Morgan fingerprint density at radius 2 is 2.15 bits per heavy atom. The number of anilines is 3. The van der Waals surface area contributed by atoms with Gasteiger partial charge in [0.05, 0.1) is 6.61 Å². The Kier molecular flexibility index (Phi) is 3.16. The number of ether oxygens (including phenoxy) is 1. The zero-order chi connectivity index (χ0) is 13.9. The molecular weight excluding hydrogens is 254 g/mol. The van der Waals surface area contributed by atoms with Crippen LogP contribution in [0.2, 0.25) is 0 Å². The summed E-state index contributed by atoms with van der Waals surface area (Å²) in [6, 6.07) is 13.4. The van der Waals surface area contributed by atoms with Gasteiger partial charge in [0.25, 0.3) is 6.01 Å². The molecule has 0 saturated carbocycles. The quantitative estimate of drug-likeness (QED) is 0.708. The van der Waals surface area contributed by atoms with Crippen LogP contribution in [-0.4, -0.2) is 11.6 Å². The molecule has 0 amide bonds. The molecule has 0 unspecified atom stereocenters. The van der Waals surface area contributed by atoms with Gasteiger partial charge >= 0.3 is 0 Å². The molecule has 3 rings (SSSR count). The molecule has 0 aliphatic carbocycles. The van der Waals surface area contributed by atoms with E-state index in [9.17, 15) is 0 Å². The van der Waals surface area contributed by atoms with Crippen molar-refractivity contribution in [3.63, 3.8) is 0 Å². The summed E-state index contributed by atoms with van der Waals surface area (Å²) in [5.74, 6) is 0.804. The highest BCUT2D eigenvalue weighted by Gasteiger charge is 2.06. The molecule has 0 aliphatic rings. The second-order valence-electron chi connectivity index (χ2n) is 4.33. The first-order valence-electron chi connectivity index (χ1n) is 6.40. The molecule has 0 aliphatic heterocycles. The predicted octanol–water partition coefficient (Wildman–Crippen LogP) is 3.55. The average molecular weight is 269 g/mol. The normalized spacial score (nSPS) is 10.7. The molecule has 0 atom stereocenters. The average Bonchev–Trinajstić information content (AvgIpc) is 2.81. The van der Waals surface area contributed by atoms with E-state index in [4.69, 9.17) is 14.9 Å². The molecule has 2 aromatic carbocycles. The summed E-state index contributed by atoms with van der Waals surface area (Å²) >= 11 is 0. The molecule has 0 saturated heterocycles. The maximum absolute atomic E-state index is 5.72. The Bertz CT molecular complexity index is 737. The lowest BCUT2D eigenvalue weighted by Crippen LogP contribution is -1.94. The van der Waals surface area contributed by atoms with Crippen molar-refractivity contribution in [3.8, 4) is 5.75 Å². The third-order valence-electron chi connectivity index (χ3n) is 2.81. The van der Waals surface area contributed by atoms with Crippen LogP contribution in [0.1, 0.15) is 6.92 Å². The van der Waals surface area contributed by atoms with Gasteiger partial charge in [0.15, 0.2) is 5.58 Å². The van der Waals surface area contributed by atoms with Crippen LogP contribution in [0, 0.1) is 0 Å². The predicted molar refractivity (Wildman–Crippen MR) is 79.3 cm³/mol. The Morgan fingerprint density at radius 1 is 1.25 bits per heavy atom. The minimum absolute atomic E-state index is 0.430. The van der Waals surface area contributed by atoms with Crippen LogP contribution in [0.15, 0.2) is 46.9 Å². The first kappa shape index (κ1) is 12.3. The van der Waals surface area contributed by atoms with Gasteiger partial charge in [-0.25, -0.2) is 0 Å². The highest BCUT2D eigenvalue weighted by molar-refractivity contribution is 5.78. The number of nitrogens with zero attached hydrogens (tertiary/aromatic N) is 1. The Morgan fingerprint density at radius 3 is 3.00 bits per heavy atom. The molecule has 102 valence electrons. The number of nitrogens with two attached hydrogens (primary N) is 1. The molecule has 0 bridgehead atoms. The van der Waals surface area contributed by atoms with Crippen LogP contribution in [-0.2, 0) is 0 Å². The van der Waals surface area contributed by atoms with Gasteiger partial charge in [0.1, 0.15) is 11.3 Å². The van der Waals surface area contributed by atoms with E-state index in [1.807, 2.05) is 31.2 Å². The number of nitrogen functional groups attached to an aromatic ring is 1. The standard InChI is InChI=1S/C15H15N3O2/c1-2-19-12-5-3-4-11(9-12)17-15-18-13-8-10(16)6-7-14(13)20-15/h3-9H,2,16H2,1H3,(H,17,18). The van der Waals surface area contributed by atoms with Gasteiger partial charge in [-0.15, -0.1) is 0 Å². The second kappa shape index (κ2) is 5.13. The van der Waals surface area contributed by atoms with E-state index in [-0.39, 0.29) is 0 Å². The van der Waals surface area contributed by atoms with Gasteiger partial charge < -0.3 is 20.2 Å². The molecule has 5 heteroatoms. The van der Waals surface area contributed by atoms with Crippen LogP contribution in [0.25, 0.3) is 11.1 Å². The van der Waals surface area contributed by atoms with Crippen molar-refractivity contribution in [2.75, 3.05) is 17.7 Å². The number of nitrogens with one attached hydrogen (secondary N) is 1. The van der Waals surface area contributed by atoms with Crippen LogP contribution >= 0.6 is 0 Å². The maximum Gasteiger partial charge on any atom is 0.300 e. The zero-order valence-electron chi connectivity index (χ0n) is 11.1. The van der Waals surface area contributed by atoms with Gasteiger partial charge in [-0.1, -0.05) is 6.07 Å². The molecular formula is C15H15N3O2. The van der Waals surface area contributed by atoms with Crippen molar-refractivity contribution in [1.29, 1.82) is 0 Å². The van der Waals surface area contributed by atoms with Gasteiger partial charge in [0, 0.05) is 17.4 Å². The van der Waals surface area contributed by atoms with E-state index in [0.29, 0.717) is 23.9 Å². The third kappa shape index (κ3) is 2.51. The van der Waals surface area contributed by atoms with Gasteiger partial charge in [-0.2, -0.15) is 4.98 Å². The molecule has 3 aromatic rings. The highest BCUT2D eigenvalue weighted by Crippen LogP contribution is 2.25. The minimum Gasteiger partial charge on any atom is -0.494 e. The number of fused-ring (bicyclic) bond motifs is 1. The summed E-state index contributed by atoms with van der Waals surface area (Å²) in [7, 11) is 0. The van der Waals surface area contributed by atoms with Crippen molar-refractivity contribution in [3.05, 3.63) is 42.5 Å². The summed E-state index contributed by atoms with van der Waals surface area (Å²) in [5, 5.41) is 3.11. The lowest BCUT2D eigenvalue weighted by Gasteiger charge is -2.05. The summed E-state index contributed by atoms with van der Waals surface area (Å²) in [4.78, 5) is 4.35. The van der Waals surface area contributed by atoms with E-state index in [0.717, 1.165) is 17.0 Å². The zero-order valence-corrected chi connectivity index (χ0v) is 11.1. The molecule has 1 aromatic heterocycles. The van der Waals surface area contributed by atoms with Crippen LogP contribution in [0.5, 0.6) is 5.75 Å². The molecule has 1 heterocycles. The number of hydrogen-bond donors (Lipinski definition) is 2. The maximum atomic E-state index is 5.72. The molecule has 20 heavy (non-hydrogen) atoms. The SMILES string of the molecule is CCOc1cccc(Nc2nc3cc(N)ccc3o2)c1. The number of hydrogen-bond acceptors (Lipinski definition) is 5. The van der Waals surface area contributed by atoms with E-state index in [2.05, 4.69) is 10.3 Å². The second-order valence-corrected chi connectivity index (χ2v) is 4.33. The Balaban J connectivity index is 1.87. The van der Waals surface area contributed by atoms with Crippen molar-refractivity contribution in [1.82, 2.24) is 4.98 Å². The fraction of sp³-hybridized carbons (Fsp3) is 0.133. The number of benzene rings is 2. The summed E-state index contributed by atoms with van der Waals surface area (Å²) < 4.78 is 11.1. The van der Waals surface area contributed by atoms with Crippen molar-refractivity contribution in [2.45, 2.75) is 6.92 Å². The molecule has 3 N–H and O–H groups in total. The van der Waals surface area contributed by atoms with Crippen molar-refractivity contribution >= 4 is 28.5 Å². The highest BCUT2D eigenvalue weighted by atomic mass is 16.5. The monoisotopic (exact) mass is 269 g/mol. The molecule has 0 radical (unpaired) electrons. The van der Waals surface area contributed by atoms with Crippen LogP contribution < -0.4 is 15.8 Å². The molecule has 0 spiro atoms. The minimum atomic E-state index is 0.430. The number of rotatable bonds is 4. The third-order valence-corrected chi connectivity index (χ3v) is 2.81. The Hall–Kier alpha value is -2.69. The lowest BCUT2D eigenvalue weighted by atomic mass is 10.3. The molecule has 5 nitrogen and oxygen atoms in total. The summed E-state index contributed by atoms with van der Waals surface area (Å²) in [6.45, 7) is 2.58. The fourth-order valence-corrected chi connectivity index (χ4v) is 1.95. The first-order chi connectivity index (χ1) is 9.74. The topological polar surface area (TPSA) is 73.3 Å². The number of oxazole rings is 1. The van der Waals surface area contributed by atoms with Gasteiger partial charge in [0.2, 0.25) is 0 Å². The van der Waals surface area contributed by atoms with E-state index in [1.54, 1.807) is 18.2 Å².